The van der Waals surface area contributed by atoms with E-state index in [0.717, 1.165) is 25.7 Å². The zero-order valence-corrected chi connectivity index (χ0v) is 7.95. The van der Waals surface area contributed by atoms with Crippen molar-refractivity contribution in [3.05, 3.63) is 0 Å². The maximum absolute atomic E-state index is 13.5. The molecule has 2 unspecified atom stereocenters. The molecular weight excluding hydrogens is 158 g/mol. The van der Waals surface area contributed by atoms with Gasteiger partial charge in [-0.05, 0) is 32.1 Å². The molecule has 1 aliphatic rings. The maximum Gasteiger partial charge on any atom is 0.137 e. The van der Waals surface area contributed by atoms with Crippen LogP contribution in [0.3, 0.4) is 0 Å². The molecule has 0 amide bonds. The lowest BCUT2D eigenvalue weighted by molar-refractivity contribution is -0.0143. The molecule has 0 aromatic carbocycles. The fourth-order valence-corrected chi connectivity index (χ4v) is 2.31. The maximum atomic E-state index is 13.5. The SMILES string of the molecule is CCC1(CC)CCCC(F)C1F. The molecule has 1 fully saturated rings. The summed E-state index contributed by atoms with van der Waals surface area (Å²) < 4.78 is 26.6. The molecular formula is C10H18F2. The van der Waals surface area contributed by atoms with E-state index in [4.69, 9.17) is 0 Å². The first kappa shape index (κ1) is 9.94. The van der Waals surface area contributed by atoms with Gasteiger partial charge in [0, 0.05) is 5.41 Å². The molecule has 0 aromatic heterocycles. The predicted octanol–water partition coefficient (Wildman–Crippen LogP) is 3.65. The molecule has 72 valence electrons. The first-order valence-electron chi connectivity index (χ1n) is 4.94. The highest BCUT2D eigenvalue weighted by atomic mass is 19.2. The third-order valence-corrected chi connectivity index (χ3v) is 3.47. The highest BCUT2D eigenvalue weighted by molar-refractivity contribution is 4.92. The average molecular weight is 176 g/mol. The minimum atomic E-state index is -1.22. The van der Waals surface area contributed by atoms with Crippen molar-refractivity contribution >= 4 is 0 Å². The Kier molecular flexibility index (Phi) is 3.08. The van der Waals surface area contributed by atoms with Gasteiger partial charge in [-0.2, -0.15) is 0 Å². The van der Waals surface area contributed by atoms with Gasteiger partial charge in [0.2, 0.25) is 0 Å². The number of rotatable bonds is 2. The van der Waals surface area contributed by atoms with Gasteiger partial charge in [-0.25, -0.2) is 8.78 Å². The Hall–Kier alpha value is -0.140. The molecule has 0 spiro atoms. The summed E-state index contributed by atoms with van der Waals surface area (Å²) in [4.78, 5) is 0. The summed E-state index contributed by atoms with van der Waals surface area (Å²) in [6.07, 6.45) is 1.24. The lowest BCUT2D eigenvalue weighted by Crippen LogP contribution is -2.41. The fourth-order valence-electron chi connectivity index (χ4n) is 2.31. The van der Waals surface area contributed by atoms with Gasteiger partial charge in [0.1, 0.15) is 12.3 Å². The van der Waals surface area contributed by atoms with Crippen LogP contribution in [0.2, 0.25) is 0 Å². The largest absolute Gasteiger partial charge is 0.244 e. The quantitative estimate of drug-likeness (QED) is 0.602. The normalized spacial score (nSPS) is 35.0. The Morgan fingerprint density at radius 2 is 1.83 bits per heavy atom. The number of halogens is 2. The third kappa shape index (κ3) is 1.48. The molecule has 2 heteroatoms. The van der Waals surface area contributed by atoms with Crippen molar-refractivity contribution in [3.8, 4) is 0 Å². The molecule has 0 saturated heterocycles. The van der Waals surface area contributed by atoms with Crippen LogP contribution in [0, 0.1) is 5.41 Å². The van der Waals surface area contributed by atoms with E-state index >= 15 is 0 Å². The molecule has 0 bridgehead atoms. The van der Waals surface area contributed by atoms with E-state index in [-0.39, 0.29) is 5.41 Å². The summed E-state index contributed by atoms with van der Waals surface area (Å²) >= 11 is 0. The van der Waals surface area contributed by atoms with Gasteiger partial charge in [0.05, 0.1) is 0 Å². The van der Waals surface area contributed by atoms with Crippen LogP contribution < -0.4 is 0 Å². The zero-order chi connectivity index (χ0) is 9.19. The van der Waals surface area contributed by atoms with Crippen LogP contribution in [0.4, 0.5) is 8.78 Å². The molecule has 1 saturated carbocycles. The third-order valence-electron chi connectivity index (χ3n) is 3.47. The minimum absolute atomic E-state index is 0.350. The Balaban J connectivity index is 2.71. The zero-order valence-electron chi connectivity index (χ0n) is 7.95. The number of hydrogen-bond donors (Lipinski definition) is 0. The minimum Gasteiger partial charge on any atom is -0.244 e. The number of hydrogen-bond acceptors (Lipinski definition) is 0. The fraction of sp³-hybridized carbons (Fsp3) is 1.00. The Morgan fingerprint density at radius 3 is 2.25 bits per heavy atom. The number of alkyl halides is 2. The van der Waals surface area contributed by atoms with Gasteiger partial charge in [0.15, 0.2) is 0 Å². The summed E-state index contributed by atoms with van der Waals surface area (Å²) in [6, 6.07) is 0. The smallest absolute Gasteiger partial charge is 0.137 e. The lowest BCUT2D eigenvalue weighted by Gasteiger charge is -2.40. The molecule has 1 rings (SSSR count). The van der Waals surface area contributed by atoms with Crippen LogP contribution in [0.1, 0.15) is 46.0 Å². The van der Waals surface area contributed by atoms with Crippen LogP contribution in [0.25, 0.3) is 0 Å². The average Bonchev–Trinajstić information content (AvgIpc) is 2.11. The van der Waals surface area contributed by atoms with E-state index in [1.54, 1.807) is 0 Å². The highest BCUT2D eigenvalue weighted by Crippen LogP contribution is 2.44. The molecule has 0 nitrogen and oxygen atoms in total. The monoisotopic (exact) mass is 176 g/mol. The Labute approximate surface area is 73.3 Å². The van der Waals surface area contributed by atoms with Crippen molar-refractivity contribution in [2.75, 3.05) is 0 Å². The van der Waals surface area contributed by atoms with Crippen molar-refractivity contribution in [2.24, 2.45) is 5.41 Å². The van der Waals surface area contributed by atoms with E-state index in [1.807, 2.05) is 13.8 Å². The van der Waals surface area contributed by atoms with Crippen molar-refractivity contribution in [1.29, 1.82) is 0 Å². The van der Waals surface area contributed by atoms with E-state index in [2.05, 4.69) is 0 Å². The first-order chi connectivity index (χ1) is 5.66. The van der Waals surface area contributed by atoms with E-state index in [0.29, 0.717) is 6.42 Å². The molecule has 0 heterocycles. The molecule has 2 atom stereocenters. The Bertz CT molecular complexity index is 141. The molecule has 0 aromatic rings. The summed E-state index contributed by atoms with van der Waals surface area (Å²) in [5, 5.41) is 0. The van der Waals surface area contributed by atoms with Crippen molar-refractivity contribution < 1.29 is 8.78 Å². The molecule has 1 aliphatic carbocycles. The van der Waals surface area contributed by atoms with Crippen LogP contribution in [0.15, 0.2) is 0 Å². The summed E-state index contributed by atoms with van der Waals surface area (Å²) in [5.74, 6) is 0. The van der Waals surface area contributed by atoms with Gasteiger partial charge >= 0.3 is 0 Å². The molecule has 12 heavy (non-hydrogen) atoms. The second-order valence-electron chi connectivity index (χ2n) is 3.88. The van der Waals surface area contributed by atoms with Crippen LogP contribution in [-0.4, -0.2) is 12.3 Å². The van der Waals surface area contributed by atoms with Crippen molar-refractivity contribution in [2.45, 2.75) is 58.3 Å². The summed E-state index contributed by atoms with van der Waals surface area (Å²) in [6.45, 7) is 3.93. The van der Waals surface area contributed by atoms with Crippen molar-refractivity contribution in [3.63, 3.8) is 0 Å². The molecule has 0 aliphatic heterocycles. The second-order valence-corrected chi connectivity index (χ2v) is 3.88. The van der Waals surface area contributed by atoms with E-state index in [9.17, 15) is 8.78 Å². The van der Waals surface area contributed by atoms with Crippen LogP contribution in [-0.2, 0) is 0 Å². The first-order valence-corrected chi connectivity index (χ1v) is 4.94. The topological polar surface area (TPSA) is 0 Å². The second kappa shape index (κ2) is 3.71. The lowest BCUT2D eigenvalue weighted by atomic mass is 9.68. The highest BCUT2D eigenvalue weighted by Gasteiger charge is 2.43. The standard InChI is InChI=1S/C10H18F2/c1-3-10(4-2)7-5-6-8(11)9(10)12/h8-9H,3-7H2,1-2H3. The summed E-state index contributed by atoms with van der Waals surface area (Å²) in [5.41, 5.74) is -0.350. The van der Waals surface area contributed by atoms with Crippen LogP contribution in [0.5, 0.6) is 0 Å². The van der Waals surface area contributed by atoms with Crippen molar-refractivity contribution in [1.82, 2.24) is 0 Å². The van der Waals surface area contributed by atoms with Crippen LogP contribution >= 0.6 is 0 Å². The van der Waals surface area contributed by atoms with E-state index < -0.39 is 12.3 Å². The van der Waals surface area contributed by atoms with Gasteiger partial charge in [-0.1, -0.05) is 13.8 Å². The van der Waals surface area contributed by atoms with E-state index in [1.165, 1.54) is 0 Å². The van der Waals surface area contributed by atoms with Gasteiger partial charge in [0.25, 0.3) is 0 Å². The molecule has 0 radical (unpaired) electrons. The van der Waals surface area contributed by atoms with Gasteiger partial charge in [-0.3, -0.25) is 0 Å². The summed E-state index contributed by atoms with van der Waals surface area (Å²) in [7, 11) is 0. The van der Waals surface area contributed by atoms with Gasteiger partial charge < -0.3 is 0 Å². The van der Waals surface area contributed by atoms with Gasteiger partial charge in [-0.15, -0.1) is 0 Å². The Morgan fingerprint density at radius 1 is 1.25 bits per heavy atom. The predicted molar refractivity (Wildman–Crippen MR) is 46.7 cm³/mol. The molecule has 0 N–H and O–H groups in total.